The van der Waals surface area contributed by atoms with Crippen LogP contribution in [0.1, 0.15) is 36.9 Å². The summed E-state index contributed by atoms with van der Waals surface area (Å²) in [5.41, 5.74) is 0. The van der Waals surface area contributed by atoms with Gasteiger partial charge >= 0.3 is 0 Å². The van der Waals surface area contributed by atoms with Gasteiger partial charge in [-0.15, -0.1) is 0 Å². The number of rotatable bonds is 6. The third-order valence-electron chi connectivity index (χ3n) is 4.18. The van der Waals surface area contributed by atoms with E-state index in [4.69, 9.17) is 9.26 Å². The van der Waals surface area contributed by atoms with E-state index in [1.54, 1.807) is 12.1 Å². The number of nitrogens with zero attached hydrogens (tertiary/aromatic N) is 3. The van der Waals surface area contributed by atoms with E-state index in [0.29, 0.717) is 18.3 Å². The highest BCUT2D eigenvalue weighted by molar-refractivity contribution is 5.21. The van der Waals surface area contributed by atoms with E-state index >= 15 is 0 Å². The molecule has 0 aliphatic carbocycles. The van der Waals surface area contributed by atoms with Gasteiger partial charge in [0.1, 0.15) is 11.6 Å². The maximum atomic E-state index is 12.8. The van der Waals surface area contributed by atoms with Crippen LogP contribution in [0, 0.1) is 12.7 Å². The van der Waals surface area contributed by atoms with Gasteiger partial charge in [-0.3, -0.25) is 0 Å². The Morgan fingerprint density at radius 1 is 1.26 bits per heavy atom. The van der Waals surface area contributed by atoms with Crippen molar-refractivity contribution in [3.8, 4) is 5.75 Å². The topological polar surface area (TPSA) is 51.4 Å². The fourth-order valence-electron chi connectivity index (χ4n) is 2.89. The van der Waals surface area contributed by atoms with Gasteiger partial charge in [0.25, 0.3) is 0 Å². The molecule has 0 radical (unpaired) electrons. The molecule has 2 aromatic rings. The minimum atomic E-state index is -0.239. The average Bonchev–Trinajstić information content (AvgIpc) is 3.00. The van der Waals surface area contributed by atoms with Crippen LogP contribution in [0.2, 0.25) is 0 Å². The zero-order valence-electron chi connectivity index (χ0n) is 13.4. The molecule has 0 atom stereocenters. The Balaban J connectivity index is 1.34. The Bertz CT molecular complexity index is 607. The highest BCUT2D eigenvalue weighted by Gasteiger charge is 2.24. The zero-order chi connectivity index (χ0) is 16.1. The Morgan fingerprint density at radius 3 is 2.65 bits per heavy atom. The molecule has 1 aromatic carbocycles. The molecular weight excluding hydrogens is 297 g/mol. The molecule has 6 heteroatoms. The van der Waals surface area contributed by atoms with Crippen molar-refractivity contribution < 1.29 is 13.7 Å². The van der Waals surface area contributed by atoms with E-state index in [0.717, 1.165) is 50.5 Å². The predicted octanol–water partition coefficient (Wildman–Crippen LogP) is 3.17. The molecule has 0 amide bonds. The molecule has 1 aliphatic rings. The van der Waals surface area contributed by atoms with Crippen molar-refractivity contribution in [2.75, 3.05) is 26.2 Å². The molecular formula is C17H22FN3O2. The fourth-order valence-corrected chi connectivity index (χ4v) is 2.89. The van der Waals surface area contributed by atoms with Crippen LogP contribution in [0.15, 0.2) is 28.8 Å². The van der Waals surface area contributed by atoms with Gasteiger partial charge in [-0.1, -0.05) is 5.16 Å². The molecule has 0 unspecified atom stereocenters. The predicted molar refractivity (Wildman–Crippen MR) is 84.0 cm³/mol. The second-order valence-electron chi connectivity index (χ2n) is 5.95. The first-order chi connectivity index (χ1) is 11.2. The number of likely N-dealkylation sites (tertiary alicyclic amines) is 1. The number of hydrogen-bond donors (Lipinski definition) is 0. The molecule has 1 saturated heterocycles. The van der Waals surface area contributed by atoms with E-state index in [9.17, 15) is 4.39 Å². The van der Waals surface area contributed by atoms with Crippen LogP contribution in [0.5, 0.6) is 5.75 Å². The van der Waals surface area contributed by atoms with Gasteiger partial charge in [-0.2, -0.15) is 4.98 Å². The van der Waals surface area contributed by atoms with Gasteiger partial charge in [0, 0.05) is 12.5 Å². The smallest absolute Gasteiger partial charge is 0.229 e. The minimum absolute atomic E-state index is 0.239. The molecule has 0 N–H and O–H groups in total. The molecule has 1 fully saturated rings. The summed E-state index contributed by atoms with van der Waals surface area (Å²) in [6.45, 7) is 5.60. The van der Waals surface area contributed by atoms with Gasteiger partial charge in [0.15, 0.2) is 5.82 Å². The normalized spacial score (nSPS) is 16.6. The number of ether oxygens (including phenoxy) is 1. The number of aromatic nitrogens is 2. The highest BCUT2D eigenvalue weighted by atomic mass is 19.1. The molecule has 2 heterocycles. The van der Waals surface area contributed by atoms with E-state index in [2.05, 4.69) is 15.0 Å². The monoisotopic (exact) mass is 319 g/mol. The van der Waals surface area contributed by atoms with E-state index in [1.807, 2.05) is 6.92 Å². The molecule has 0 bridgehead atoms. The van der Waals surface area contributed by atoms with E-state index < -0.39 is 0 Å². The lowest BCUT2D eigenvalue weighted by atomic mass is 9.97. The van der Waals surface area contributed by atoms with Crippen molar-refractivity contribution in [1.29, 1.82) is 0 Å². The summed E-state index contributed by atoms with van der Waals surface area (Å²) in [7, 11) is 0. The standard InChI is InChI=1S/C17H22FN3O2/c1-13-19-17(23-20-13)14-7-10-21(11-8-14)9-2-12-22-16-5-3-15(18)4-6-16/h3-6,14H,2,7-12H2,1H3. The van der Waals surface area contributed by atoms with Crippen LogP contribution in [0.3, 0.4) is 0 Å². The quantitative estimate of drug-likeness (QED) is 0.766. The summed E-state index contributed by atoms with van der Waals surface area (Å²) >= 11 is 0. The van der Waals surface area contributed by atoms with E-state index in [1.165, 1.54) is 12.1 Å². The first-order valence-corrected chi connectivity index (χ1v) is 8.11. The van der Waals surface area contributed by atoms with Crippen molar-refractivity contribution >= 4 is 0 Å². The average molecular weight is 319 g/mol. The molecule has 0 spiro atoms. The Labute approximate surface area is 135 Å². The van der Waals surface area contributed by atoms with Gasteiger partial charge in [-0.05, 0) is 63.5 Å². The summed E-state index contributed by atoms with van der Waals surface area (Å²) in [4.78, 5) is 6.77. The van der Waals surface area contributed by atoms with Crippen LogP contribution in [-0.2, 0) is 0 Å². The Hall–Kier alpha value is -1.95. The third kappa shape index (κ3) is 4.51. The minimum Gasteiger partial charge on any atom is -0.494 e. The number of hydrogen-bond acceptors (Lipinski definition) is 5. The number of aryl methyl sites for hydroxylation is 1. The van der Waals surface area contributed by atoms with Crippen LogP contribution in [-0.4, -0.2) is 41.3 Å². The third-order valence-corrected chi connectivity index (χ3v) is 4.18. The van der Waals surface area contributed by atoms with Crippen molar-refractivity contribution in [1.82, 2.24) is 15.0 Å². The Morgan fingerprint density at radius 2 is 2.00 bits per heavy atom. The summed E-state index contributed by atoms with van der Waals surface area (Å²) in [5.74, 6) is 2.36. The Kier molecular flexibility index (Phi) is 5.23. The van der Waals surface area contributed by atoms with Crippen molar-refractivity contribution in [2.24, 2.45) is 0 Å². The van der Waals surface area contributed by atoms with Crippen molar-refractivity contribution in [3.05, 3.63) is 41.8 Å². The van der Waals surface area contributed by atoms with Crippen molar-refractivity contribution in [3.63, 3.8) is 0 Å². The van der Waals surface area contributed by atoms with Gasteiger partial charge < -0.3 is 14.2 Å². The van der Waals surface area contributed by atoms with Crippen LogP contribution < -0.4 is 4.74 Å². The summed E-state index contributed by atoms with van der Waals surface area (Å²) in [6.07, 6.45) is 3.07. The lowest BCUT2D eigenvalue weighted by Gasteiger charge is -2.30. The highest BCUT2D eigenvalue weighted by Crippen LogP contribution is 2.26. The van der Waals surface area contributed by atoms with Gasteiger partial charge in [0.05, 0.1) is 6.61 Å². The maximum Gasteiger partial charge on any atom is 0.229 e. The number of benzene rings is 1. The molecule has 1 aromatic heterocycles. The number of piperidine rings is 1. The second kappa shape index (κ2) is 7.55. The number of halogens is 1. The molecule has 124 valence electrons. The SMILES string of the molecule is Cc1noc(C2CCN(CCCOc3ccc(F)cc3)CC2)n1. The van der Waals surface area contributed by atoms with Crippen LogP contribution in [0.25, 0.3) is 0 Å². The van der Waals surface area contributed by atoms with Gasteiger partial charge in [-0.25, -0.2) is 4.39 Å². The molecule has 0 saturated carbocycles. The summed E-state index contributed by atoms with van der Waals surface area (Å²) in [5, 5.41) is 3.87. The lowest BCUT2D eigenvalue weighted by molar-refractivity contribution is 0.180. The molecule has 23 heavy (non-hydrogen) atoms. The van der Waals surface area contributed by atoms with Crippen LogP contribution >= 0.6 is 0 Å². The molecule has 1 aliphatic heterocycles. The van der Waals surface area contributed by atoms with Crippen LogP contribution in [0.4, 0.5) is 4.39 Å². The van der Waals surface area contributed by atoms with Gasteiger partial charge in [0.2, 0.25) is 5.89 Å². The first kappa shape index (κ1) is 15.9. The maximum absolute atomic E-state index is 12.8. The zero-order valence-corrected chi connectivity index (χ0v) is 13.4. The second-order valence-corrected chi connectivity index (χ2v) is 5.95. The fraction of sp³-hybridized carbons (Fsp3) is 0.529. The lowest BCUT2D eigenvalue weighted by Crippen LogP contribution is -2.34. The van der Waals surface area contributed by atoms with Crippen molar-refractivity contribution in [2.45, 2.75) is 32.1 Å². The molecule has 5 nitrogen and oxygen atoms in total. The first-order valence-electron chi connectivity index (χ1n) is 8.11. The largest absolute Gasteiger partial charge is 0.494 e. The van der Waals surface area contributed by atoms with E-state index in [-0.39, 0.29) is 5.82 Å². The summed E-state index contributed by atoms with van der Waals surface area (Å²) in [6, 6.07) is 6.15. The summed E-state index contributed by atoms with van der Waals surface area (Å²) < 4.78 is 23.7. The molecule has 3 rings (SSSR count).